The van der Waals surface area contributed by atoms with Crippen LogP contribution in [0.3, 0.4) is 0 Å². The van der Waals surface area contributed by atoms with Crippen LogP contribution in [0.5, 0.6) is 0 Å². The van der Waals surface area contributed by atoms with E-state index in [4.69, 9.17) is 10.1 Å². The van der Waals surface area contributed by atoms with Crippen LogP contribution in [-0.2, 0) is 4.79 Å². The highest BCUT2D eigenvalue weighted by molar-refractivity contribution is 6.13. The summed E-state index contributed by atoms with van der Waals surface area (Å²) in [4.78, 5) is 15.8. The second kappa shape index (κ2) is 8.70. The predicted octanol–water partition coefficient (Wildman–Crippen LogP) is 6.13. The van der Waals surface area contributed by atoms with Gasteiger partial charge in [-0.25, -0.2) is 9.79 Å². The molecular weight excluding hydrogens is 358 g/mol. The van der Waals surface area contributed by atoms with Gasteiger partial charge < -0.3 is 5.11 Å². The Morgan fingerprint density at radius 2 is 1.45 bits per heavy atom. The molecule has 29 heavy (non-hydrogen) atoms. The molecule has 1 atom stereocenters. The summed E-state index contributed by atoms with van der Waals surface area (Å²) in [5, 5.41) is 8.95. The van der Waals surface area contributed by atoms with Gasteiger partial charge >= 0.3 is 5.97 Å². The highest BCUT2D eigenvalue weighted by Gasteiger charge is 2.21. The highest BCUT2D eigenvalue weighted by Crippen LogP contribution is 2.38. The number of benzene rings is 3. The van der Waals surface area contributed by atoms with Gasteiger partial charge in [0.15, 0.2) is 0 Å². The first kappa shape index (κ1) is 18.9. The Morgan fingerprint density at radius 3 is 2.00 bits per heavy atom. The van der Waals surface area contributed by atoms with Crippen LogP contribution in [0.15, 0.2) is 102 Å². The minimum atomic E-state index is -0.848. The normalized spacial score (nSPS) is 17.2. The summed E-state index contributed by atoms with van der Waals surface area (Å²) in [7, 11) is 0. The summed E-state index contributed by atoms with van der Waals surface area (Å²) < 4.78 is 0. The van der Waals surface area contributed by atoms with Crippen molar-refractivity contribution in [2.24, 2.45) is 4.99 Å². The molecule has 0 unspecified atom stereocenters. The molecule has 3 heteroatoms. The third-order valence-electron chi connectivity index (χ3n) is 5.35. The number of allylic oxidation sites excluding steroid dienone is 1. The summed E-state index contributed by atoms with van der Waals surface area (Å²) in [6, 6.07) is 28.8. The lowest BCUT2D eigenvalue weighted by molar-refractivity contribution is -0.131. The molecule has 0 aliphatic heterocycles. The van der Waals surface area contributed by atoms with Gasteiger partial charge in [0.25, 0.3) is 0 Å². The van der Waals surface area contributed by atoms with Crippen molar-refractivity contribution in [2.75, 3.05) is 0 Å². The Labute approximate surface area is 171 Å². The van der Waals surface area contributed by atoms with Crippen molar-refractivity contribution < 1.29 is 9.90 Å². The number of hydrogen-bond acceptors (Lipinski definition) is 2. The van der Waals surface area contributed by atoms with E-state index >= 15 is 0 Å². The molecule has 1 aliphatic rings. The van der Waals surface area contributed by atoms with Crippen LogP contribution in [0.1, 0.15) is 41.9 Å². The maximum absolute atomic E-state index is 10.9. The van der Waals surface area contributed by atoms with Crippen LogP contribution in [0, 0.1) is 0 Å². The standard InChI is InChI=1S/C26H23NO2/c28-25(29)18-19-11-12-23(17-19)20-13-15-24(16-14-20)27-26(21-7-3-1-4-8-21)22-9-5-2-6-10-22/h1-10,13-16,18,23H,11-12,17H2,(H,28,29)/b19-18+/t23-/m0/s1. The number of rotatable bonds is 5. The molecule has 0 spiro atoms. The maximum Gasteiger partial charge on any atom is 0.328 e. The number of carboxylic acids is 1. The van der Waals surface area contributed by atoms with Crippen LogP contribution in [0.25, 0.3) is 0 Å². The first-order valence-electron chi connectivity index (χ1n) is 9.91. The van der Waals surface area contributed by atoms with Gasteiger partial charge in [0.2, 0.25) is 0 Å². The van der Waals surface area contributed by atoms with E-state index in [9.17, 15) is 4.79 Å². The summed E-state index contributed by atoms with van der Waals surface area (Å²) in [5.41, 5.74) is 6.31. The van der Waals surface area contributed by atoms with Crippen molar-refractivity contribution in [1.29, 1.82) is 0 Å². The first-order chi connectivity index (χ1) is 14.2. The van der Waals surface area contributed by atoms with Gasteiger partial charge in [-0.15, -0.1) is 0 Å². The molecule has 0 saturated heterocycles. The molecule has 1 aliphatic carbocycles. The van der Waals surface area contributed by atoms with Crippen molar-refractivity contribution in [2.45, 2.75) is 25.2 Å². The fourth-order valence-electron chi connectivity index (χ4n) is 3.91. The molecule has 1 saturated carbocycles. The minimum Gasteiger partial charge on any atom is -0.478 e. The van der Waals surface area contributed by atoms with Gasteiger partial charge in [-0.1, -0.05) is 78.4 Å². The van der Waals surface area contributed by atoms with E-state index in [0.29, 0.717) is 5.92 Å². The van der Waals surface area contributed by atoms with E-state index in [1.807, 2.05) is 36.4 Å². The fourth-order valence-corrected chi connectivity index (χ4v) is 3.91. The van der Waals surface area contributed by atoms with E-state index in [2.05, 4.69) is 48.5 Å². The summed E-state index contributed by atoms with van der Waals surface area (Å²) in [5.74, 6) is -0.457. The van der Waals surface area contributed by atoms with E-state index in [1.165, 1.54) is 11.6 Å². The summed E-state index contributed by atoms with van der Waals surface area (Å²) in [6.07, 6.45) is 4.06. The molecule has 0 bridgehead atoms. The zero-order chi connectivity index (χ0) is 20.1. The molecule has 3 aromatic rings. The maximum atomic E-state index is 10.9. The zero-order valence-electron chi connectivity index (χ0n) is 16.2. The average Bonchev–Trinajstić information content (AvgIpc) is 3.21. The Balaban J connectivity index is 1.60. The number of carboxylic acid groups (broad SMARTS) is 1. The number of nitrogens with zero attached hydrogens (tertiary/aromatic N) is 1. The monoisotopic (exact) mass is 381 g/mol. The molecule has 144 valence electrons. The molecule has 3 aromatic carbocycles. The molecule has 0 heterocycles. The number of hydrogen-bond donors (Lipinski definition) is 1. The van der Waals surface area contributed by atoms with Gasteiger partial charge in [0.05, 0.1) is 11.4 Å². The van der Waals surface area contributed by atoms with Crippen LogP contribution in [-0.4, -0.2) is 16.8 Å². The van der Waals surface area contributed by atoms with Crippen molar-refractivity contribution in [1.82, 2.24) is 0 Å². The zero-order valence-corrected chi connectivity index (χ0v) is 16.2. The van der Waals surface area contributed by atoms with Gasteiger partial charge in [0, 0.05) is 17.2 Å². The third kappa shape index (κ3) is 4.69. The fraction of sp³-hybridized carbons (Fsp3) is 0.154. The molecule has 1 N–H and O–H groups in total. The molecule has 0 amide bonds. The Hall–Kier alpha value is -3.46. The van der Waals surface area contributed by atoms with Crippen LogP contribution in [0.4, 0.5) is 5.69 Å². The second-order valence-corrected chi connectivity index (χ2v) is 7.36. The van der Waals surface area contributed by atoms with Gasteiger partial charge in [-0.3, -0.25) is 0 Å². The van der Waals surface area contributed by atoms with Crippen molar-refractivity contribution in [3.8, 4) is 0 Å². The topological polar surface area (TPSA) is 49.7 Å². The predicted molar refractivity (Wildman–Crippen MR) is 117 cm³/mol. The second-order valence-electron chi connectivity index (χ2n) is 7.36. The lowest BCUT2D eigenvalue weighted by Gasteiger charge is -2.11. The minimum absolute atomic E-state index is 0.390. The third-order valence-corrected chi connectivity index (χ3v) is 5.35. The first-order valence-corrected chi connectivity index (χ1v) is 9.91. The molecule has 0 radical (unpaired) electrons. The molecule has 1 fully saturated rings. The van der Waals surface area contributed by atoms with E-state index in [0.717, 1.165) is 47.4 Å². The molecule has 4 rings (SSSR count). The van der Waals surface area contributed by atoms with Crippen LogP contribution >= 0.6 is 0 Å². The summed E-state index contributed by atoms with van der Waals surface area (Å²) in [6.45, 7) is 0. The molecule has 3 nitrogen and oxygen atoms in total. The Bertz CT molecular complexity index is 994. The SMILES string of the molecule is O=C(O)/C=C1\CC[C@H](c2ccc(N=C(c3ccccc3)c3ccccc3)cc2)C1. The number of aliphatic imine (C=N–C) groups is 1. The van der Waals surface area contributed by atoms with Crippen LogP contribution < -0.4 is 0 Å². The van der Waals surface area contributed by atoms with Gasteiger partial charge in [0.1, 0.15) is 0 Å². The van der Waals surface area contributed by atoms with Crippen LogP contribution in [0.2, 0.25) is 0 Å². The molecular formula is C26H23NO2. The highest BCUT2D eigenvalue weighted by atomic mass is 16.4. The molecule has 0 aromatic heterocycles. The van der Waals surface area contributed by atoms with E-state index in [1.54, 1.807) is 0 Å². The Kier molecular flexibility index (Phi) is 5.66. The lowest BCUT2D eigenvalue weighted by atomic mass is 9.97. The average molecular weight is 381 g/mol. The van der Waals surface area contributed by atoms with Crippen molar-refractivity contribution >= 4 is 17.4 Å². The van der Waals surface area contributed by atoms with E-state index in [-0.39, 0.29) is 0 Å². The summed E-state index contributed by atoms with van der Waals surface area (Å²) >= 11 is 0. The van der Waals surface area contributed by atoms with E-state index < -0.39 is 5.97 Å². The number of carbonyl (C=O) groups is 1. The Morgan fingerprint density at radius 1 is 0.862 bits per heavy atom. The van der Waals surface area contributed by atoms with Crippen molar-refractivity contribution in [3.63, 3.8) is 0 Å². The van der Waals surface area contributed by atoms with Crippen molar-refractivity contribution in [3.05, 3.63) is 113 Å². The largest absolute Gasteiger partial charge is 0.478 e. The van der Waals surface area contributed by atoms with Gasteiger partial charge in [-0.05, 0) is 42.9 Å². The quantitative estimate of drug-likeness (QED) is 0.427. The smallest absolute Gasteiger partial charge is 0.328 e. The van der Waals surface area contributed by atoms with Gasteiger partial charge in [-0.2, -0.15) is 0 Å². The lowest BCUT2D eigenvalue weighted by Crippen LogP contribution is -2.02. The number of aliphatic carboxylic acids is 1.